The highest BCUT2D eigenvalue weighted by molar-refractivity contribution is 7.84. The van der Waals surface area contributed by atoms with Crippen molar-refractivity contribution in [2.24, 2.45) is 0 Å². The van der Waals surface area contributed by atoms with Crippen LogP contribution in [0.4, 0.5) is 13.2 Å². The van der Waals surface area contributed by atoms with E-state index in [4.69, 9.17) is 0 Å². The quantitative estimate of drug-likeness (QED) is 0.690. The minimum Gasteiger partial charge on any atom is -0.256 e. The van der Waals surface area contributed by atoms with Crippen LogP contribution < -0.4 is 0 Å². The Kier molecular flexibility index (Phi) is 3.43. The molecule has 3 rings (SSSR count). The van der Waals surface area contributed by atoms with Gasteiger partial charge < -0.3 is 0 Å². The summed E-state index contributed by atoms with van der Waals surface area (Å²) >= 11 is 0. The lowest BCUT2D eigenvalue weighted by molar-refractivity contribution is -0.146. The number of aryl methyl sites for hydroxylation is 1. The topological polar surface area (TPSA) is 90.9 Å². The predicted molar refractivity (Wildman–Crippen MR) is 72.5 cm³/mol. The summed E-state index contributed by atoms with van der Waals surface area (Å²) in [5.74, 6) is -1.10. The second kappa shape index (κ2) is 5.08. The molecule has 0 amide bonds. The van der Waals surface area contributed by atoms with Gasteiger partial charge in [0.1, 0.15) is 6.33 Å². The summed E-state index contributed by atoms with van der Waals surface area (Å²) < 4.78 is 52.7. The minimum atomic E-state index is -4.70. The van der Waals surface area contributed by atoms with E-state index in [2.05, 4.69) is 25.5 Å². The molecule has 0 radical (unpaired) electrons. The van der Waals surface area contributed by atoms with Crippen LogP contribution in [-0.4, -0.2) is 45.0 Å². The van der Waals surface area contributed by atoms with Crippen LogP contribution in [0.25, 0.3) is 11.5 Å². The van der Waals surface area contributed by atoms with Gasteiger partial charge in [-0.2, -0.15) is 17.7 Å². The van der Waals surface area contributed by atoms with Crippen molar-refractivity contribution in [1.29, 1.82) is 0 Å². The van der Waals surface area contributed by atoms with Crippen LogP contribution in [-0.2, 0) is 17.0 Å². The Morgan fingerprint density at radius 3 is 2.43 bits per heavy atom. The van der Waals surface area contributed by atoms with Gasteiger partial charge in [-0.1, -0.05) is 0 Å². The average molecular weight is 345 g/mol. The Hall–Kier alpha value is -2.37. The zero-order chi connectivity index (χ0) is 16.9. The van der Waals surface area contributed by atoms with Gasteiger partial charge in [0.15, 0.2) is 11.5 Å². The van der Waals surface area contributed by atoms with E-state index in [1.165, 1.54) is 17.2 Å². The van der Waals surface area contributed by atoms with Gasteiger partial charge in [0.25, 0.3) is 5.82 Å². The molecule has 3 aromatic heterocycles. The molecule has 122 valence electrons. The van der Waals surface area contributed by atoms with Crippen LogP contribution in [0.15, 0.2) is 11.5 Å². The van der Waals surface area contributed by atoms with Crippen molar-refractivity contribution in [2.75, 3.05) is 6.26 Å². The Labute approximate surface area is 129 Å². The number of fused-ring (bicyclic) bond motifs is 1. The molecule has 0 bridgehead atoms. The van der Waals surface area contributed by atoms with Gasteiger partial charge in [0.2, 0.25) is 5.16 Å². The molecule has 12 heteroatoms. The first-order valence-corrected chi connectivity index (χ1v) is 7.81. The third kappa shape index (κ3) is 2.38. The summed E-state index contributed by atoms with van der Waals surface area (Å²) in [5, 5.41) is 18.1. The summed E-state index contributed by atoms with van der Waals surface area (Å²) in [5.41, 5.74) is 1.04. The maximum absolute atomic E-state index is 13.0. The molecule has 0 saturated carbocycles. The number of hydrogen-bond acceptors (Lipinski definition) is 6. The Morgan fingerprint density at radius 1 is 1.13 bits per heavy atom. The first-order valence-electron chi connectivity index (χ1n) is 6.25. The largest absolute Gasteiger partial charge is 0.453 e. The van der Waals surface area contributed by atoms with E-state index < -0.39 is 22.8 Å². The average Bonchev–Trinajstić information content (AvgIpc) is 3.08. The van der Waals surface area contributed by atoms with Crippen LogP contribution in [0.5, 0.6) is 0 Å². The molecule has 1 unspecified atom stereocenters. The fourth-order valence-electron chi connectivity index (χ4n) is 2.08. The molecule has 0 N–H and O–H groups in total. The molecule has 0 aliphatic carbocycles. The lowest BCUT2D eigenvalue weighted by Gasteiger charge is -2.11. The van der Waals surface area contributed by atoms with Crippen LogP contribution in [0, 0.1) is 13.8 Å². The van der Waals surface area contributed by atoms with E-state index in [0.29, 0.717) is 15.6 Å². The van der Waals surface area contributed by atoms with Crippen molar-refractivity contribution in [3.8, 4) is 5.82 Å². The van der Waals surface area contributed by atoms with Crippen molar-refractivity contribution >= 4 is 16.4 Å². The van der Waals surface area contributed by atoms with E-state index in [1.54, 1.807) is 13.8 Å². The van der Waals surface area contributed by atoms with E-state index in [-0.39, 0.29) is 16.6 Å². The summed E-state index contributed by atoms with van der Waals surface area (Å²) in [6.07, 6.45) is -2.06. The second-order valence-electron chi connectivity index (χ2n) is 4.77. The maximum Gasteiger partial charge on any atom is 0.453 e. The van der Waals surface area contributed by atoms with Crippen LogP contribution in [0.1, 0.15) is 17.0 Å². The van der Waals surface area contributed by atoms with Crippen LogP contribution in [0.2, 0.25) is 0 Å². The number of halogens is 3. The van der Waals surface area contributed by atoms with Gasteiger partial charge in [-0.3, -0.25) is 8.78 Å². The number of aromatic nitrogens is 7. The molecular formula is C11H10F3N7OS. The lowest BCUT2D eigenvalue weighted by Crippen LogP contribution is -2.16. The van der Waals surface area contributed by atoms with Crippen molar-refractivity contribution in [3.05, 3.63) is 23.3 Å². The molecule has 0 aromatic carbocycles. The summed E-state index contributed by atoms with van der Waals surface area (Å²) in [7, 11) is -1.48. The number of hydrogen-bond donors (Lipinski definition) is 0. The van der Waals surface area contributed by atoms with Crippen molar-refractivity contribution in [2.45, 2.75) is 25.2 Å². The van der Waals surface area contributed by atoms with Crippen LogP contribution >= 0.6 is 0 Å². The smallest absolute Gasteiger partial charge is 0.256 e. The molecule has 0 saturated heterocycles. The maximum atomic E-state index is 13.0. The summed E-state index contributed by atoms with van der Waals surface area (Å²) in [4.78, 5) is 0. The zero-order valence-electron chi connectivity index (χ0n) is 12.2. The predicted octanol–water partition coefficient (Wildman–Crippen LogP) is 1.08. The third-order valence-corrected chi connectivity index (χ3v) is 4.12. The van der Waals surface area contributed by atoms with E-state index in [9.17, 15) is 17.4 Å². The highest BCUT2D eigenvalue weighted by Crippen LogP contribution is 2.29. The van der Waals surface area contributed by atoms with Crippen molar-refractivity contribution in [1.82, 2.24) is 34.6 Å². The van der Waals surface area contributed by atoms with E-state index >= 15 is 0 Å². The molecule has 0 aliphatic rings. The monoisotopic (exact) mass is 345 g/mol. The molecule has 8 nitrogen and oxygen atoms in total. The summed E-state index contributed by atoms with van der Waals surface area (Å²) in [6.45, 7) is 3.28. The molecule has 0 spiro atoms. The van der Waals surface area contributed by atoms with E-state index in [1.807, 2.05) is 0 Å². The number of alkyl halides is 3. The van der Waals surface area contributed by atoms with Crippen molar-refractivity contribution < 1.29 is 17.4 Å². The fraction of sp³-hybridized carbons (Fsp3) is 0.364. The minimum absolute atomic E-state index is 0.00539. The fourth-order valence-corrected chi connectivity index (χ4v) is 2.66. The molecule has 3 heterocycles. The molecule has 23 heavy (non-hydrogen) atoms. The number of rotatable bonds is 2. The zero-order valence-corrected chi connectivity index (χ0v) is 13.0. The Balaban J connectivity index is 2.36. The van der Waals surface area contributed by atoms with Gasteiger partial charge in [-0.05, 0) is 13.8 Å². The van der Waals surface area contributed by atoms with E-state index in [0.717, 1.165) is 0 Å². The molecule has 0 aliphatic heterocycles. The van der Waals surface area contributed by atoms with Gasteiger partial charge in [-0.25, -0.2) is 0 Å². The first-order chi connectivity index (χ1) is 10.7. The molecule has 1 atom stereocenters. The molecule has 0 fully saturated rings. The standard InChI is InChI=1S/C11H10F3N7OS/c1-5-6(2)8(20-4-15-18-10(20)23(3)22)19-21-7(5)16-17-9(21)11(12,13)14/h4H,1-3H3. The Bertz CT molecular complexity index is 930. The van der Waals surface area contributed by atoms with Crippen molar-refractivity contribution in [3.63, 3.8) is 0 Å². The first kappa shape index (κ1) is 15.5. The lowest BCUT2D eigenvalue weighted by atomic mass is 10.2. The molecule has 3 aromatic rings. The Morgan fingerprint density at radius 2 is 1.83 bits per heavy atom. The van der Waals surface area contributed by atoms with Gasteiger partial charge in [-0.15, -0.1) is 25.5 Å². The summed E-state index contributed by atoms with van der Waals surface area (Å²) in [6, 6.07) is 0. The number of nitrogens with zero attached hydrogens (tertiary/aromatic N) is 7. The second-order valence-corrected chi connectivity index (χ2v) is 6.04. The highest BCUT2D eigenvalue weighted by atomic mass is 32.2. The van der Waals surface area contributed by atoms with Crippen LogP contribution in [0.3, 0.4) is 0 Å². The van der Waals surface area contributed by atoms with Gasteiger partial charge in [0, 0.05) is 17.4 Å². The molecular weight excluding hydrogens is 335 g/mol. The normalized spacial score (nSPS) is 13.7. The third-order valence-electron chi connectivity index (χ3n) is 3.32. The van der Waals surface area contributed by atoms with Gasteiger partial charge >= 0.3 is 6.18 Å². The SMILES string of the molecule is Cc1c(-n2cnnc2S(C)=O)nn2c(C(F)(F)F)nnc2c1C. The van der Waals surface area contributed by atoms with Gasteiger partial charge in [0.05, 0.1) is 10.8 Å². The highest BCUT2D eigenvalue weighted by Gasteiger charge is 2.38.